The Morgan fingerprint density at radius 1 is 1.39 bits per heavy atom. The predicted molar refractivity (Wildman–Crippen MR) is 64.4 cm³/mol. The summed E-state index contributed by atoms with van der Waals surface area (Å²) >= 11 is 0. The summed E-state index contributed by atoms with van der Waals surface area (Å²) < 4.78 is 1.43. The number of carbonyl (C=O) groups excluding carboxylic acids is 1. The molecule has 0 bridgehead atoms. The van der Waals surface area contributed by atoms with Crippen LogP contribution in [0.4, 0.5) is 0 Å². The van der Waals surface area contributed by atoms with Crippen LogP contribution in [0.3, 0.4) is 0 Å². The average molecular weight is 244 g/mol. The van der Waals surface area contributed by atoms with Gasteiger partial charge in [-0.25, -0.2) is 9.67 Å². The number of nitrogens with one attached hydrogen (secondary N) is 1. The van der Waals surface area contributed by atoms with Gasteiger partial charge in [0.2, 0.25) is 6.41 Å². The van der Waals surface area contributed by atoms with Gasteiger partial charge in [-0.1, -0.05) is 6.07 Å². The Bertz CT molecular complexity index is 629. The van der Waals surface area contributed by atoms with Crippen LogP contribution in [0, 0.1) is 0 Å². The van der Waals surface area contributed by atoms with Gasteiger partial charge in [0.1, 0.15) is 0 Å². The fraction of sp³-hybridized carbons (Fsp3) is 0.250. The Kier molecular flexibility index (Phi) is 2.47. The van der Waals surface area contributed by atoms with Gasteiger partial charge >= 0.3 is 0 Å². The predicted octanol–water partition coefficient (Wildman–Crippen LogP) is 0.0751. The maximum absolute atomic E-state index is 12.2. The summed E-state index contributed by atoms with van der Waals surface area (Å²) in [6, 6.07) is 5.39. The van der Waals surface area contributed by atoms with Crippen molar-refractivity contribution in [1.82, 2.24) is 19.7 Å². The lowest BCUT2D eigenvalue weighted by Gasteiger charge is -2.21. The van der Waals surface area contributed by atoms with Crippen molar-refractivity contribution >= 4 is 6.41 Å². The molecule has 3 rings (SSSR count). The summed E-state index contributed by atoms with van der Waals surface area (Å²) in [7, 11) is 0. The van der Waals surface area contributed by atoms with Crippen LogP contribution in [0.1, 0.15) is 11.3 Å². The first-order valence-corrected chi connectivity index (χ1v) is 5.73. The Balaban J connectivity index is 2.07. The van der Waals surface area contributed by atoms with Crippen LogP contribution in [-0.4, -0.2) is 32.6 Å². The van der Waals surface area contributed by atoms with Crippen LogP contribution in [0.25, 0.3) is 5.82 Å². The first-order chi connectivity index (χ1) is 8.79. The van der Waals surface area contributed by atoms with Crippen molar-refractivity contribution in [2.75, 3.05) is 6.54 Å². The summed E-state index contributed by atoms with van der Waals surface area (Å²) in [5, 5.41) is 3.02. The number of aromatic nitrogens is 3. The van der Waals surface area contributed by atoms with Crippen LogP contribution < -0.4 is 5.56 Å². The molecule has 0 aliphatic carbocycles. The number of rotatable bonds is 2. The molecule has 0 atom stereocenters. The van der Waals surface area contributed by atoms with Crippen LogP contribution >= 0.6 is 0 Å². The van der Waals surface area contributed by atoms with Crippen LogP contribution in [0.5, 0.6) is 0 Å². The van der Waals surface area contributed by atoms with Crippen molar-refractivity contribution < 1.29 is 4.79 Å². The Morgan fingerprint density at radius 2 is 2.28 bits per heavy atom. The minimum atomic E-state index is -0.0748. The van der Waals surface area contributed by atoms with Crippen molar-refractivity contribution in [2.45, 2.75) is 13.0 Å². The van der Waals surface area contributed by atoms with E-state index in [-0.39, 0.29) is 5.56 Å². The Morgan fingerprint density at radius 3 is 3.00 bits per heavy atom. The lowest BCUT2D eigenvalue weighted by atomic mass is 10.1. The zero-order valence-electron chi connectivity index (χ0n) is 9.67. The lowest BCUT2D eigenvalue weighted by molar-refractivity contribution is -0.118. The largest absolute Gasteiger partial charge is 0.339 e. The van der Waals surface area contributed by atoms with E-state index in [1.807, 2.05) is 6.07 Å². The van der Waals surface area contributed by atoms with Gasteiger partial charge in [0.15, 0.2) is 5.82 Å². The van der Waals surface area contributed by atoms with E-state index in [9.17, 15) is 9.59 Å². The highest BCUT2D eigenvalue weighted by Crippen LogP contribution is 2.13. The number of hydrogen-bond donors (Lipinski definition) is 1. The second kappa shape index (κ2) is 4.14. The van der Waals surface area contributed by atoms with Gasteiger partial charge in [0.25, 0.3) is 5.56 Å². The highest BCUT2D eigenvalue weighted by Gasteiger charge is 2.22. The third-order valence-electron chi connectivity index (χ3n) is 3.11. The molecule has 3 heterocycles. The standard InChI is InChI=1S/C12H12N4O2/c17-8-15-6-4-9-10(7-15)14-16(12(9)18)11-3-1-2-5-13-11/h1-3,5,8,14H,4,6-7H2. The number of amides is 1. The molecule has 2 aromatic rings. The molecule has 18 heavy (non-hydrogen) atoms. The molecule has 0 spiro atoms. The Labute approximate surface area is 103 Å². The fourth-order valence-electron chi connectivity index (χ4n) is 2.18. The number of hydrogen-bond acceptors (Lipinski definition) is 3. The second-order valence-corrected chi connectivity index (χ2v) is 4.22. The van der Waals surface area contributed by atoms with Crippen molar-refractivity contribution in [1.29, 1.82) is 0 Å². The third-order valence-corrected chi connectivity index (χ3v) is 3.11. The molecule has 0 saturated heterocycles. The zero-order chi connectivity index (χ0) is 12.5. The number of fused-ring (bicyclic) bond motifs is 1. The van der Waals surface area contributed by atoms with Crippen LogP contribution in [0.15, 0.2) is 29.2 Å². The van der Waals surface area contributed by atoms with E-state index in [4.69, 9.17) is 0 Å². The normalized spacial score (nSPS) is 14.3. The van der Waals surface area contributed by atoms with Crippen molar-refractivity contribution in [2.24, 2.45) is 0 Å². The van der Waals surface area contributed by atoms with E-state index in [0.717, 1.165) is 17.7 Å². The first kappa shape index (κ1) is 10.8. The minimum absolute atomic E-state index is 0.0748. The molecule has 1 amide bonds. The van der Waals surface area contributed by atoms with E-state index in [1.54, 1.807) is 23.2 Å². The molecule has 2 aromatic heterocycles. The van der Waals surface area contributed by atoms with Crippen LogP contribution in [0.2, 0.25) is 0 Å². The molecule has 0 fully saturated rings. The van der Waals surface area contributed by atoms with Gasteiger partial charge < -0.3 is 4.90 Å². The molecule has 0 unspecified atom stereocenters. The summed E-state index contributed by atoms with van der Waals surface area (Å²) in [5.41, 5.74) is 1.47. The fourth-order valence-corrected chi connectivity index (χ4v) is 2.18. The number of nitrogens with zero attached hydrogens (tertiary/aromatic N) is 3. The molecular weight excluding hydrogens is 232 g/mol. The van der Waals surface area contributed by atoms with Gasteiger partial charge in [-0.15, -0.1) is 0 Å². The van der Waals surface area contributed by atoms with Gasteiger partial charge in [-0.3, -0.25) is 14.7 Å². The molecule has 1 N–H and O–H groups in total. The summed E-state index contributed by atoms with van der Waals surface area (Å²) in [4.78, 5) is 28.7. The summed E-state index contributed by atoms with van der Waals surface area (Å²) in [5.74, 6) is 0.564. The van der Waals surface area contributed by atoms with E-state index in [0.29, 0.717) is 25.3 Å². The van der Waals surface area contributed by atoms with Gasteiger partial charge in [0, 0.05) is 18.3 Å². The third kappa shape index (κ3) is 1.62. The van der Waals surface area contributed by atoms with E-state index < -0.39 is 0 Å². The summed E-state index contributed by atoms with van der Waals surface area (Å²) in [6.07, 6.45) is 3.03. The molecule has 92 valence electrons. The number of carbonyl (C=O) groups is 1. The zero-order valence-corrected chi connectivity index (χ0v) is 9.67. The van der Waals surface area contributed by atoms with E-state index in [1.165, 1.54) is 4.68 Å². The average Bonchev–Trinajstić information content (AvgIpc) is 2.76. The van der Waals surface area contributed by atoms with Crippen molar-refractivity contribution in [3.63, 3.8) is 0 Å². The molecule has 1 aliphatic heterocycles. The van der Waals surface area contributed by atoms with Gasteiger partial charge in [-0.2, -0.15) is 0 Å². The highest BCUT2D eigenvalue weighted by atomic mass is 16.1. The van der Waals surface area contributed by atoms with Crippen LogP contribution in [-0.2, 0) is 17.8 Å². The molecular formula is C12H12N4O2. The number of pyridine rings is 1. The highest BCUT2D eigenvalue weighted by molar-refractivity contribution is 5.48. The second-order valence-electron chi connectivity index (χ2n) is 4.22. The van der Waals surface area contributed by atoms with Crippen molar-refractivity contribution in [3.8, 4) is 5.82 Å². The lowest BCUT2D eigenvalue weighted by Crippen LogP contribution is -2.30. The first-order valence-electron chi connectivity index (χ1n) is 5.73. The topological polar surface area (TPSA) is 71.0 Å². The molecule has 0 radical (unpaired) electrons. The SMILES string of the molecule is O=CN1CCc2c([nH]n(-c3ccccn3)c2=O)C1. The maximum Gasteiger partial charge on any atom is 0.276 e. The maximum atomic E-state index is 12.2. The van der Waals surface area contributed by atoms with Gasteiger partial charge in [-0.05, 0) is 18.6 Å². The molecule has 1 aliphatic rings. The molecule has 6 nitrogen and oxygen atoms in total. The van der Waals surface area contributed by atoms with E-state index in [2.05, 4.69) is 10.1 Å². The molecule has 6 heteroatoms. The molecule has 0 aromatic carbocycles. The Hall–Kier alpha value is -2.37. The molecule has 0 saturated carbocycles. The smallest absolute Gasteiger partial charge is 0.276 e. The number of aromatic amines is 1. The number of H-pyrrole nitrogens is 1. The van der Waals surface area contributed by atoms with E-state index >= 15 is 0 Å². The van der Waals surface area contributed by atoms with Gasteiger partial charge in [0.05, 0.1) is 12.2 Å². The monoisotopic (exact) mass is 244 g/mol. The minimum Gasteiger partial charge on any atom is -0.339 e. The quantitative estimate of drug-likeness (QED) is 0.760. The van der Waals surface area contributed by atoms with Crippen molar-refractivity contribution in [3.05, 3.63) is 46.0 Å². The summed E-state index contributed by atoms with van der Waals surface area (Å²) in [6.45, 7) is 1.04.